The summed E-state index contributed by atoms with van der Waals surface area (Å²) in [5, 5.41) is 10.6. The Morgan fingerprint density at radius 2 is 1.53 bits per heavy atom. The maximum Gasteiger partial charge on any atom is 0.192 e. The van der Waals surface area contributed by atoms with E-state index in [1.807, 2.05) is 13.8 Å². The van der Waals surface area contributed by atoms with Crippen molar-refractivity contribution in [2.24, 2.45) is 29.1 Å². The van der Waals surface area contributed by atoms with Crippen LogP contribution in [0.25, 0.3) is 0 Å². The summed E-state index contributed by atoms with van der Waals surface area (Å²) >= 11 is 0. The van der Waals surface area contributed by atoms with Crippen LogP contribution in [0.2, 0.25) is 36.3 Å². The second kappa shape index (κ2) is 13.8. The molecule has 0 amide bonds. The van der Waals surface area contributed by atoms with Crippen molar-refractivity contribution in [3.8, 4) is 0 Å². The fourth-order valence-electron chi connectivity index (χ4n) is 8.26. The molecular formula is C40H74O3Si2. The van der Waals surface area contributed by atoms with Gasteiger partial charge >= 0.3 is 0 Å². The lowest BCUT2D eigenvalue weighted by Gasteiger charge is -2.48. The molecule has 1 N–H and O–H groups in total. The highest BCUT2D eigenvalue weighted by atomic mass is 28.4. The van der Waals surface area contributed by atoms with Crippen molar-refractivity contribution in [1.82, 2.24) is 0 Å². The molecule has 0 heterocycles. The van der Waals surface area contributed by atoms with E-state index in [1.54, 1.807) is 5.57 Å². The molecule has 3 rings (SSSR count). The number of hydrogen-bond acceptors (Lipinski definition) is 3. The number of fused-ring (bicyclic) bond motifs is 1. The Balaban J connectivity index is 1.90. The normalized spacial score (nSPS) is 33.2. The summed E-state index contributed by atoms with van der Waals surface area (Å²) in [7, 11) is -3.98. The van der Waals surface area contributed by atoms with E-state index < -0.39 is 22.2 Å². The summed E-state index contributed by atoms with van der Waals surface area (Å²) in [5.74, 6) is 2.44. The summed E-state index contributed by atoms with van der Waals surface area (Å²) in [6.07, 6.45) is 15.8. The monoisotopic (exact) mass is 659 g/mol. The van der Waals surface area contributed by atoms with E-state index >= 15 is 0 Å². The molecule has 5 heteroatoms. The fourth-order valence-corrected chi connectivity index (χ4v) is 11.0. The van der Waals surface area contributed by atoms with Gasteiger partial charge in [-0.3, -0.25) is 0 Å². The molecule has 45 heavy (non-hydrogen) atoms. The SMILES string of the molecule is C=C1/C(=C\C=C2CCC[C@@]3(C)C2CC[C@@H]3[C@@H](C)CCCC(C)(C)O)C[C@H](O[Si](C)(C)C(C)(C)C)[C@@H](C)[C@H]1O[Si](C)(C)C(C)(C)C. The van der Waals surface area contributed by atoms with Gasteiger partial charge < -0.3 is 14.0 Å². The van der Waals surface area contributed by atoms with Crippen LogP contribution in [-0.2, 0) is 8.85 Å². The molecule has 1 unspecified atom stereocenters. The average Bonchev–Trinajstić information content (AvgIpc) is 3.23. The molecule has 0 aromatic rings. The van der Waals surface area contributed by atoms with Gasteiger partial charge in [0, 0.05) is 5.92 Å². The molecule has 3 fully saturated rings. The summed E-state index contributed by atoms with van der Waals surface area (Å²) < 4.78 is 14.4. The lowest BCUT2D eigenvalue weighted by molar-refractivity contribution is 0.0406. The van der Waals surface area contributed by atoms with Gasteiger partial charge in [0.2, 0.25) is 0 Å². The Morgan fingerprint density at radius 1 is 0.956 bits per heavy atom. The Hall–Kier alpha value is -0.466. The minimum atomic E-state index is -2.01. The van der Waals surface area contributed by atoms with E-state index in [2.05, 4.69) is 101 Å². The minimum Gasteiger partial charge on any atom is -0.413 e. The van der Waals surface area contributed by atoms with Gasteiger partial charge in [0.25, 0.3) is 0 Å². The summed E-state index contributed by atoms with van der Waals surface area (Å²) in [4.78, 5) is 0. The Labute approximate surface area is 282 Å². The first kappa shape index (κ1) is 39.0. The Kier molecular flexibility index (Phi) is 12.0. The van der Waals surface area contributed by atoms with E-state index in [-0.39, 0.29) is 28.2 Å². The molecule has 0 radical (unpaired) electrons. The van der Waals surface area contributed by atoms with E-state index in [0.717, 1.165) is 25.2 Å². The van der Waals surface area contributed by atoms with Gasteiger partial charge in [-0.05, 0) is 129 Å². The highest BCUT2D eigenvalue weighted by Crippen LogP contribution is 2.60. The van der Waals surface area contributed by atoms with Crippen LogP contribution >= 0.6 is 0 Å². The van der Waals surface area contributed by atoms with Gasteiger partial charge in [0.1, 0.15) is 0 Å². The summed E-state index contributed by atoms with van der Waals surface area (Å²) in [5.41, 5.74) is 4.02. The molecule has 3 saturated carbocycles. The molecule has 3 aliphatic rings. The van der Waals surface area contributed by atoms with Crippen LogP contribution in [0.5, 0.6) is 0 Å². The first-order valence-electron chi connectivity index (χ1n) is 18.5. The predicted octanol–water partition coefficient (Wildman–Crippen LogP) is 12.0. The van der Waals surface area contributed by atoms with Crippen molar-refractivity contribution in [2.75, 3.05) is 0 Å². The van der Waals surface area contributed by atoms with Crippen molar-refractivity contribution in [1.29, 1.82) is 0 Å². The second-order valence-corrected chi connectivity index (χ2v) is 29.0. The molecule has 3 aliphatic carbocycles. The van der Waals surface area contributed by atoms with Crippen LogP contribution in [0.4, 0.5) is 0 Å². The van der Waals surface area contributed by atoms with Crippen molar-refractivity contribution < 1.29 is 14.0 Å². The molecule has 0 aromatic heterocycles. The van der Waals surface area contributed by atoms with E-state index in [4.69, 9.17) is 15.4 Å². The lowest BCUT2D eigenvalue weighted by Crippen LogP contribution is -2.53. The molecular weight excluding hydrogens is 585 g/mol. The highest BCUT2D eigenvalue weighted by Gasteiger charge is 2.51. The predicted molar refractivity (Wildman–Crippen MR) is 201 cm³/mol. The molecule has 0 saturated heterocycles. The first-order chi connectivity index (χ1) is 20.3. The minimum absolute atomic E-state index is 0.00343. The van der Waals surface area contributed by atoms with Crippen LogP contribution in [-0.4, -0.2) is 39.6 Å². The quantitative estimate of drug-likeness (QED) is 0.237. The molecule has 260 valence electrons. The van der Waals surface area contributed by atoms with Crippen molar-refractivity contribution in [3.05, 3.63) is 35.5 Å². The zero-order chi connectivity index (χ0) is 34.4. The Morgan fingerprint density at radius 3 is 2.09 bits per heavy atom. The third-order valence-electron chi connectivity index (χ3n) is 13.4. The van der Waals surface area contributed by atoms with E-state index in [1.165, 1.54) is 49.7 Å². The van der Waals surface area contributed by atoms with Crippen molar-refractivity contribution in [3.63, 3.8) is 0 Å². The van der Waals surface area contributed by atoms with E-state index in [0.29, 0.717) is 17.3 Å². The lowest BCUT2D eigenvalue weighted by atomic mass is 9.60. The van der Waals surface area contributed by atoms with Crippen LogP contribution in [0.15, 0.2) is 35.5 Å². The largest absolute Gasteiger partial charge is 0.413 e. The summed E-state index contributed by atoms with van der Waals surface area (Å²) in [6, 6.07) is 0. The fraction of sp³-hybridized carbons (Fsp3) is 0.850. The number of hydrogen-bond donors (Lipinski definition) is 1. The zero-order valence-electron chi connectivity index (χ0n) is 32.5. The van der Waals surface area contributed by atoms with Crippen LogP contribution < -0.4 is 0 Å². The van der Waals surface area contributed by atoms with Gasteiger partial charge in [-0.1, -0.05) is 99.5 Å². The standard InChI is InChI=1S/C40H74O3Si2/c1-28(19-17-25-39(10,11)41)33-23-24-34-31(20-18-26-40(33,34)12)21-22-32-27-35(42-44(13,14)37(4,5)6)30(3)36(29(32)2)43-45(15,16)38(7,8)9/h21-22,28,30,33-36,41H,2,17-20,23-27H2,1,3-16H3/b31-21?,32-22-/t28-,30+,33+,34?,35-,36-,40+/m0/s1. The maximum atomic E-state index is 10.3. The van der Waals surface area contributed by atoms with Crippen LogP contribution in [0, 0.1) is 29.1 Å². The molecule has 0 aromatic carbocycles. The number of allylic oxidation sites excluding steroid dienone is 3. The second-order valence-electron chi connectivity index (χ2n) is 19.5. The van der Waals surface area contributed by atoms with Crippen LogP contribution in [0.3, 0.4) is 0 Å². The van der Waals surface area contributed by atoms with Gasteiger partial charge in [0.15, 0.2) is 16.6 Å². The number of rotatable bonds is 10. The van der Waals surface area contributed by atoms with Gasteiger partial charge in [-0.15, -0.1) is 0 Å². The summed E-state index contributed by atoms with van der Waals surface area (Å²) in [6.45, 7) is 39.7. The maximum absolute atomic E-state index is 10.3. The smallest absolute Gasteiger partial charge is 0.192 e. The van der Waals surface area contributed by atoms with Gasteiger partial charge in [-0.25, -0.2) is 0 Å². The van der Waals surface area contributed by atoms with Gasteiger partial charge in [0.05, 0.1) is 17.8 Å². The first-order valence-corrected chi connectivity index (χ1v) is 24.3. The topological polar surface area (TPSA) is 38.7 Å². The van der Waals surface area contributed by atoms with Crippen LogP contribution in [0.1, 0.15) is 134 Å². The molecule has 0 bridgehead atoms. The molecule has 0 aliphatic heterocycles. The van der Waals surface area contributed by atoms with Crippen molar-refractivity contribution in [2.45, 2.75) is 188 Å². The molecule has 0 spiro atoms. The van der Waals surface area contributed by atoms with E-state index in [9.17, 15) is 5.11 Å². The third kappa shape index (κ3) is 8.96. The highest BCUT2D eigenvalue weighted by molar-refractivity contribution is 6.74. The van der Waals surface area contributed by atoms with Gasteiger partial charge in [-0.2, -0.15) is 0 Å². The zero-order valence-corrected chi connectivity index (χ0v) is 34.5. The molecule has 3 nitrogen and oxygen atoms in total. The average molecular weight is 659 g/mol. The number of aliphatic hydroxyl groups is 1. The Bertz CT molecular complexity index is 1100. The molecule has 7 atom stereocenters. The third-order valence-corrected chi connectivity index (χ3v) is 22.4. The van der Waals surface area contributed by atoms with Crippen molar-refractivity contribution >= 4 is 16.6 Å².